The lowest BCUT2D eigenvalue weighted by Crippen LogP contribution is -2.22. The molecule has 0 atom stereocenters. The van der Waals surface area contributed by atoms with Gasteiger partial charge in [0.2, 0.25) is 0 Å². The Labute approximate surface area is 160 Å². The molecule has 0 spiro atoms. The number of nitrogens with zero attached hydrogens (tertiary/aromatic N) is 2. The number of thiazole rings is 1. The minimum atomic E-state index is -0.409. The summed E-state index contributed by atoms with van der Waals surface area (Å²) in [5.41, 5.74) is 2.36. The summed E-state index contributed by atoms with van der Waals surface area (Å²) in [6.07, 6.45) is 0. The first-order valence-electron chi connectivity index (χ1n) is 8.50. The molecule has 3 aromatic rings. The number of aromatic nitrogens is 1. The van der Waals surface area contributed by atoms with Crippen molar-refractivity contribution in [2.45, 2.75) is 20.4 Å². The fourth-order valence-corrected chi connectivity index (χ4v) is 3.65. The molecule has 6 nitrogen and oxygen atoms in total. The standard InChI is InChI=1S/C20H20N2O4S/c1-4-26-15-9-10-16-17(11-15)27-20(22(16)12-18(23)25-3)21-19(24)14-7-5-13(2)6-8-14/h5-11H,4,12H2,1-3H3. The van der Waals surface area contributed by atoms with Crippen molar-refractivity contribution >= 4 is 33.4 Å². The zero-order valence-electron chi connectivity index (χ0n) is 15.4. The lowest BCUT2D eigenvalue weighted by Gasteiger charge is -2.05. The van der Waals surface area contributed by atoms with Gasteiger partial charge in [-0.3, -0.25) is 9.59 Å². The third-order valence-corrected chi connectivity index (χ3v) is 5.02. The number of esters is 1. The molecule has 0 radical (unpaired) electrons. The minimum absolute atomic E-state index is 0.0233. The first-order chi connectivity index (χ1) is 13.0. The molecule has 0 aliphatic heterocycles. The Morgan fingerprint density at radius 3 is 2.56 bits per heavy atom. The molecule has 1 heterocycles. The maximum Gasteiger partial charge on any atom is 0.325 e. The summed E-state index contributed by atoms with van der Waals surface area (Å²) >= 11 is 1.33. The van der Waals surface area contributed by atoms with Gasteiger partial charge in [-0.1, -0.05) is 29.0 Å². The zero-order valence-corrected chi connectivity index (χ0v) is 16.2. The van der Waals surface area contributed by atoms with Gasteiger partial charge in [0.15, 0.2) is 4.80 Å². The highest BCUT2D eigenvalue weighted by molar-refractivity contribution is 7.16. The Hall–Kier alpha value is -2.93. The fourth-order valence-electron chi connectivity index (χ4n) is 2.59. The quantitative estimate of drug-likeness (QED) is 0.633. The van der Waals surface area contributed by atoms with Crippen LogP contribution < -0.4 is 9.54 Å². The molecule has 1 amide bonds. The van der Waals surface area contributed by atoms with E-state index < -0.39 is 5.97 Å². The van der Waals surface area contributed by atoms with Gasteiger partial charge in [0.05, 0.1) is 23.9 Å². The highest BCUT2D eigenvalue weighted by Gasteiger charge is 2.13. The average Bonchev–Trinajstić information content (AvgIpc) is 2.98. The van der Waals surface area contributed by atoms with Gasteiger partial charge >= 0.3 is 5.97 Å². The number of aryl methyl sites for hydroxylation is 1. The van der Waals surface area contributed by atoms with E-state index in [1.54, 1.807) is 16.7 Å². The van der Waals surface area contributed by atoms with Crippen LogP contribution in [0.15, 0.2) is 47.5 Å². The summed E-state index contributed by atoms with van der Waals surface area (Å²) in [5, 5.41) is 0. The van der Waals surface area contributed by atoms with E-state index in [2.05, 4.69) is 4.99 Å². The molecular formula is C20H20N2O4S. The summed E-state index contributed by atoms with van der Waals surface area (Å²) in [6, 6.07) is 12.8. The molecule has 0 bridgehead atoms. The fraction of sp³-hybridized carbons (Fsp3) is 0.250. The van der Waals surface area contributed by atoms with Gasteiger partial charge in [-0.25, -0.2) is 0 Å². The molecule has 1 aromatic heterocycles. The van der Waals surface area contributed by atoms with Crippen LogP contribution in [0, 0.1) is 6.92 Å². The number of rotatable bonds is 5. The van der Waals surface area contributed by atoms with Crippen LogP contribution in [0.4, 0.5) is 0 Å². The number of ether oxygens (including phenoxy) is 2. The number of benzene rings is 2. The molecule has 0 saturated carbocycles. The molecule has 0 N–H and O–H groups in total. The van der Waals surface area contributed by atoms with Gasteiger partial charge in [-0.05, 0) is 44.2 Å². The summed E-state index contributed by atoms with van der Waals surface area (Å²) in [7, 11) is 1.33. The minimum Gasteiger partial charge on any atom is -0.494 e. The van der Waals surface area contributed by atoms with Gasteiger partial charge in [0.1, 0.15) is 12.3 Å². The van der Waals surface area contributed by atoms with Crippen LogP contribution in [0.2, 0.25) is 0 Å². The maximum atomic E-state index is 12.6. The summed E-state index contributed by atoms with van der Waals surface area (Å²) in [6.45, 7) is 4.40. The van der Waals surface area contributed by atoms with Crippen LogP contribution >= 0.6 is 11.3 Å². The van der Waals surface area contributed by atoms with E-state index in [1.165, 1.54) is 18.4 Å². The number of carbonyl (C=O) groups excluding carboxylic acids is 2. The Morgan fingerprint density at radius 2 is 1.89 bits per heavy atom. The van der Waals surface area contributed by atoms with E-state index in [0.29, 0.717) is 17.0 Å². The molecule has 0 saturated heterocycles. The Morgan fingerprint density at radius 1 is 1.15 bits per heavy atom. The molecule has 0 unspecified atom stereocenters. The molecule has 140 valence electrons. The van der Waals surface area contributed by atoms with Crippen molar-refractivity contribution in [3.05, 3.63) is 58.4 Å². The molecule has 0 aliphatic rings. The number of hydrogen-bond donors (Lipinski definition) is 0. The Bertz CT molecular complexity index is 1050. The lowest BCUT2D eigenvalue weighted by molar-refractivity contribution is -0.141. The molecule has 0 fully saturated rings. The highest BCUT2D eigenvalue weighted by Crippen LogP contribution is 2.23. The van der Waals surface area contributed by atoms with Crippen molar-refractivity contribution in [1.29, 1.82) is 0 Å². The molecule has 3 rings (SSSR count). The number of carbonyl (C=O) groups is 2. The van der Waals surface area contributed by atoms with Crippen molar-refractivity contribution in [3.8, 4) is 5.75 Å². The van der Waals surface area contributed by atoms with Gasteiger partial charge < -0.3 is 14.0 Å². The van der Waals surface area contributed by atoms with Gasteiger partial charge in [0, 0.05) is 5.56 Å². The van der Waals surface area contributed by atoms with E-state index in [0.717, 1.165) is 21.5 Å². The van der Waals surface area contributed by atoms with Crippen LogP contribution in [0.1, 0.15) is 22.8 Å². The van der Waals surface area contributed by atoms with Crippen molar-refractivity contribution in [2.75, 3.05) is 13.7 Å². The van der Waals surface area contributed by atoms with Crippen molar-refractivity contribution in [1.82, 2.24) is 4.57 Å². The molecule has 7 heteroatoms. The number of fused-ring (bicyclic) bond motifs is 1. The summed E-state index contributed by atoms with van der Waals surface area (Å²) in [5.74, 6) is -0.0362. The van der Waals surface area contributed by atoms with Gasteiger partial charge in [-0.15, -0.1) is 0 Å². The van der Waals surface area contributed by atoms with Crippen molar-refractivity contribution < 1.29 is 19.1 Å². The van der Waals surface area contributed by atoms with Crippen LogP contribution in [0.3, 0.4) is 0 Å². The zero-order chi connectivity index (χ0) is 19.4. The van der Waals surface area contributed by atoms with Crippen LogP contribution in [0.5, 0.6) is 5.75 Å². The topological polar surface area (TPSA) is 69.9 Å². The first kappa shape index (κ1) is 18.8. The number of methoxy groups -OCH3 is 1. The molecule has 27 heavy (non-hydrogen) atoms. The van der Waals surface area contributed by atoms with Crippen molar-refractivity contribution in [2.24, 2.45) is 4.99 Å². The van der Waals surface area contributed by atoms with E-state index >= 15 is 0 Å². The van der Waals surface area contributed by atoms with E-state index in [4.69, 9.17) is 9.47 Å². The maximum absolute atomic E-state index is 12.6. The third-order valence-electron chi connectivity index (χ3n) is 3.98. The monoisotopic (exact) mass is 384 g/mol. The predicted molar refractivity (Wildman–Crippen MR) is 104 cm³/mol. The van der Waals surface area contributed by atoms with Crippen LogP contribution in [-0.4, -0.2) is 30.2 Å². The average molecular weight is 384 g/mol. The van der Waals surface area contributed by atoms with E-state index in [1.807, 2.05) is 44.2 Å². The Balaban J connectivity index is 2.11. The van der Waals surface area contributed by atoms with Crippen molar-refractivity contribution in [3.63, 3.8) is 0 Å². The molecular weight excluding hydrogens is 364 g/mol. The Kier molecular flexibility index (Phi) is 5.71. The third kappa shape index (κ3) is 4.25. The summed E-state index contributed by atoms with van der Waals surface area (Å²) in [4.78, 5) is 29.1. The first-order valence-corrected chi connectivity index (χ1v) is 9.32. The van der Waals surface area contributed by atoms with Crippen LogP contribution in [0.25, 0.3) is 10.2 Å². The summed E-state index contributed by atoms with van der Waals surface area (Å²) < 4.78 is 12.9. The second-order valence-electron chi connectivity index (χ2n) is 5.89. The van der Waals surface area contributed by atoms with E-state index in [-0.39, 0.29) is 12.5 Å². The highest BCUT2D eigenvalue weighted by atomic mass is 32.1. The van der Waals surface area contributed by atoms with Gasteiger partial charge in [-0.2, -0.15) is 4.99 Å². The SMILES string of the molecule is CCOc1ccc2c(c1)sc(=NC(=O)c1ccc(C)cc1)n2CC(=O)OC. The smallest absolute Gasteiger partial charge is 0.325 e. The number of amides is 1. The molecule has 2 aromatic carbocycles. The second kappa shape index (κ2) is 8.18. The normalized spacial score (nSPS) is 11.6. The predicted octanol–water partition coefficient (Wildman–Crippen LogP) is 3.32. The molecule has 0 aliphatic carbocycles. The lowest BCUT2D eigenvalue weighted by atomic mass is 10.1. The van der Waals surface area contributed by atoms with E-state index in [9.17, 15) is 9.59 Å². The number of hydrogen-bond acceptors (Lipinski definition) is 5. The largest absolute Gasteiger partial charge is 0.494 e. The second-order valence-corrected chi connectivity index (χ2v) is 6.90. The van der Waals surface area contributed by atoms with Gasteiger partial charge in [0.25, 0.3) is 5.91 Å². The van der Waals surface area contributed by atoms with Crippen LogP contribution in [-0.2, 0) is 16.1 Å².